The molecule has 0 fully saturated rings. The molecule has 1 aromatic rings. The van der Waals surface area contributed by atoms with Gasteiger partial charge in [0.25, 0.3) is 0 Å². The third kappa shape index (κ3) is 4.71. The van der Waals surface area contributed by atoms with E-state index >= 15 is 0 Å². The van der Waals surface area contributed by atoms with Crippen molar-refractivity contribution in [1.82, 2.24) is 0 Å². The second-order valence-electron chi connectivity index (χ2n) is 3.28. The monoisotopic (exact) mass is 271 g/mol. The number of carbonyl (C=O) groups excluding carboxylic acids is 1. The number of methoxy groups -OCH3 is 1. The van der Waals surface area contributed by atoms with E-state index < -0.39 is 12.3 Å². The van der Waals surface area contributed by atoms with Crippen LogP contribution in [-0.4, -0.2) is 19.4 Å². The molecule has 7 heteroatoms. The van der Waals surface area contributed by atoms with Crippen molar-refractivity contribution < 1.29 is 27.4 Å². The summed E-state index contributed by atoms with van der Waals surface area (Å²) in [6.07, 6.45) is -3.57. The summed E-state index contributed by atoms with van der Waals surface area (Å²) in [4.78, 5) is 11.1. The SMILES string of the molecule is COC(=O)/C(C#N)=C\c1ccc(OC(F)(F)F)cc1. The van der Waals surface area contributed by atoms with Crippen molar-refractivity contribution in [3.8, 4) is 11.8 Å². The van der Waals surface area contributed by atoms with Gasteiger partial charge in [-0.3, -0.25) is 0 Å². The van der Waals surface area contributed by atoms with Gasteiger partial charge in [-0.1, -0.05) is 12.1 Å². The molecule has 0 unspecified atom stereocenters. The molecule has 0 saturated heterocycles. The smallest absolute Gasteiger partial charge is 0.465 e. The number of alkyl halides is 3. The fourth-order valence-corrected chi connectivity index (χ4v) is 1.18. The summed E-state index contributed by atoms with van der Waals surface area (Å²) in [6.45, 7) is 0. The average Bonchev–Trinajstić information content (AvgIpc) is 2.35. The van der Waals surface area contributed by atoms with E-state index in [-0.39, 0.29) is 11.3 Å². The molecule has 0 aliphatic carbocycles. The number of benzene rings is 1. The second kappa shape index (κ2) is 5.91. The summed E-state index contributed by atoms with van der Waals surface area (Å²) >= 11 is 0. The summed E-state index contributed by atoms with van der Waals surface area (Å²) in [6, 6.07) is 6.34. The molecule has 4 nitrogen and oxygen atoms in total. The van der Waals surface area contributed by atoms with Crippen LogP contribution in [0.25, 0.3) is 6.08 Å². The Hall–Kier alpha value is -2.49. The van der Waals surface area contributed by atoms with E-state index in [1.165, 1.54) is 18.2 Å². The van der Waals surface area contributed by atoms with Gasteiger partial charge >= 0.3 is 12.3 Å². The topological polar surface area (TPSA) is 59.3 Å². The van der Waals surface area contributed by atoms with Crippen molar-refractivity contribution >= 4 is 12.0 Å². The maximum atomic E-state index is 11.9. The number of ether oxygens (including phenoxy) is 2. The first-order chi connectivity index (χ1) is 8.85. The molecule has 0 saturated carbocycles. The summed E-state index contributed by atoms with van der Waals surface area (Å²) in [5, 5.41) is 8.70. The Bertz CT molecular complexity index is 527. The zero-order valence-corrected chi connectivity index (χ0v) is 9.69. The van der Waals surface area contributed by atoms with E-state index in [1.807, 2.05) is 0 Å². The van der Waals surface area contributed by atoms with Crippen LogP contribution in [0.2, 0.25) is 0 Å². The highest BCUT2D eigenvalue weighted by Crippen LogP contribution is 2.23. The number of hydrogen-bond donors (Lipinski definition) is 0. The highest BCUT2D eigenvalue weighted by molar-refractivity contribution is 5.97. The van der Waals surface area contributed by atoms with E-state index in [9.17, 15) is 18.0 Å². The lowest BCUT2D eigenvalue weighted by Gasteiger charge is -2.08. The number of esters is 1. The Labute approximate surface area is 106 Å². The maximum absolute atomic E-state index is 11.9. The highest BCUT2D eigenvalue weighted by Gasteiger charge is 2.30. The largest absolute Gasteiger partial charge is 0.573 e. The minimum Gasteiger partial charge on any atom is -0.465 e. The van der Waals surface area contributed by atoms with Gasteiger partial charge in [-0.15, -0.1) is 13.2 Å². The second-order valence-corrected chi connectivity index (χ2v) is 3.28. The fourth-order valence-electron chi connectivity index (χ4n) is 1.18. The Morgan fingerprint density at radius 2 is 1.89 bits per heavy atom. The van der Waals surface area contributed by atoms with Crippen LogP contribution in [0.15, 0.2) is 29.8 Å². The minimum atomic E-state index is -4.76. The Balaban J connectivity index is 2.91. The molecule has 0 atom stereocenters. The zero-order valence-electron chi connectivity index (χ0n) is 9.69. The molecule has 100 valence electrons. The Morgan fingerprint density at radius 1 is 1.32 bits per heavy atom. The molecule has 0 heterocycles. The lowest BCUT2D eigenvalue weighted by atomic mass is 10.1. The van der Waals surface area contributed by atoms with Crippen molar-refractivity contribution in [2.24, 2.45) is 0 Å². The number of rotatable bonds is 3. The molecule has 0 aromatic heterocycles. The summed E-state index contributed by atoms with van der Waals surface area (Å²) in [7, 11) is 1.12. The van der Waals surface area contributed by atoms with E-state index in [1.54, 1.807) is 6.07 Å². The molecule has 0 aliphatic heterocycles. The van der Waals surface area contributed by atoms with Crippen molar-refractivity contribution in [2.45, 2.75) is 6.36 Å². The van der Waals surface area contributed by atoms with Crippen molar-refractivity contribution in [3.63, 3.8) is 0 Å². The van der Waals surface area contributed by atoms with Crippen molar-refractivity contribution in [2.75, 3.05) is 7.11 Å². The van der Waals surface area contributed by atoms with Gasteiger partial charge in [-0.2, -0.15) is 5.26 Å². The van der Waals surface area contributed by atoms with Gasteiger partial charge in [-0.25, -0.2) is 4.79 Å². The number of hydrogen-bond acceptors (Lipinski definition) is 4. The van der Waals surface area contributed by atoms with E-state index in [0.717, 1.165) is 19.2 Å². The average molecular weight is 271 g/mol. The first kappa shape index (κ1) is 14.6. The van der Waals surface area contributed by atoms with E-state index in [4.69, 9.17) is 5.26 Å². The minimum absolute atomic E-state index is 0.257. The number of carbonyl (C=O) groups is 1. The van der Waals surface area contributed by atoms with Gasteiger partial charge in [0, 0.05) is 0 Å². The van der Waals surface area contributed by atoms with Gasteiger partial charge in [0.2, 0.25) is 0 Å². The van der Waals surface area contributed by atoms with Gasteiger partial charge in [0.05, 0.1) is 7.11 Å². The Kier molecular flexibility index (Phi) is 4.53. The predicted octanol–water partition coefficient (Wildman–Crippen LogP) is 2.67. The van der Waals surface area contributed by atoms with Crippen LogP contribution in [-0.2, 0) is 9.53 Å². The van der Waals surface area contributed by atoms with Crippen LogP contribution in [0.3, 0.4) is 0 Å². The molecular weight excluding hydrogens is 263 g/mol. The summed E-state index contributed by atoms with van der Waals surface area (Å²) in [5.74, 6) is -1.21. The number of nitrogens with zero attached hydrogens (tertiary/aromatic N) is 1. The first-order valence-corrected chi connectivity index (χ1v) is 4.91. The van der Waals surface area contributed by atoms with Crippen LogP contribution in [0.1, 0.15) is 5.56 Å². The number of halogens is 3. The quantitative estimate of drug-likeness (QED) is 0.481. The highest BCUT2D eigenvalue weighted by atomic mass is 19.4. The van der Waals surface area contributed by atoms with Crippen LogP contribution >= 0.6 is 0 Å². The molecule has 0 spiro atoms. The first-order valence-electron chi connectivity index (χ1n) is 4.91. The predicted molar refractivity (Wildman–Crippen MR) is 58.7 cm³/mol. The third-order valence-electron chi connectivity index (χ3n) is 1.95. The fraction of sp³-hybridized carbons (Fsp3) is 0.167. The molecule has 1 rings (SSSR count). The molecular formula is C12H8F3NO3. The molecule has 0 radical (unpaired) electrons. The van der Waals surface area contributed by atoms with Gasteiger partial charge in [-0.05, 0) is 23.8 Å². The lowest BCUT2D eigenvalue weighted by Crippen LogP contribution is -2.16. The number of nitriles is 1. The molecule has 0 N–H and O–H groups in total. The third-order valence-corrected chi connectivity index (χ3v) is 1.95. The Morgan fingerprint density at radius 3 is 2.32 bits per heavy atom. The van der Waals surface area contributed by atoms with Crippen LogP contribution < -0.4 is 4.74 Å². The van der Waals surface area contributed by atoms with E-state index in [2.05, 4.69) is 9.47 Å². The van der Waals surface area contributed by atoms with Gasteiger partial charge in [0.15, 0.2) is 0 Å². The van der Waals surface area contributed by atoms with Crippen molar-refractivity contribution in [3.05, 3.63) is 35.4 Å². The van der Waals surface area contributed by atoms with Crippen LogP contribution in [0.4, 0.5) is 13.2 Å². The summed E-state index contributed by atoms with van der Waals surface area (Å²) in [5.41, 5.74) is 0.114. The maximum Gasteiger partial charge on any atom is 0.573 e. The van der Waals surface area contributed by atoms with Crippen LogP contribution in [0.5, 0.6) is 5.75 Å². The van der Waals surface area contributed by atoms with E-state index in [0.29, 0.717) is 5.56 Å². The molecule has 0 bridgehead atoms. The molecule has 0 amide bonds. The lowest BCUT2D eigenvalue weighted by molar-refractivity contribution is -0.274. The molecule has 19 heavy (non-hydrogen) atoms. The van der Waals surface area contributed by atoms with Crippen LogP contribution in [0, 0.1) is 11.3 Å². The molecule has 1 aromatic carbocycles. The van der Waals surface area contributed by atoms with Crippen molar-refractivity contribution in [1.29, 1.82) is 5.26 Å². The molecule has 0 aliphatic rings. The normalized spacial score (nSPS) is 11.6. The van der Waals surface area contributed by atoms with Gasteiger partial charge in [0.1, 0.15) is 17.4 Å². The standard InChI is InChI=1S/C12H8F3NO3/c1-18-11(17)9(7-16)6-8-2-4-10(5-3-8)19-12(13,14)15/h2-6H,1H3/b9-6-. The summed E-state index contributed by atoms with van der Waals surface area (Å²) < 4.78 is 43.8. The zero-order chi connectivity index (χ0) is 14.5. The van der Waals surface area contributed by atoms with Gasteiger partial charge < -0.3 is 9.47 Å².